The van der Waals surface area contributed by atoms with Gasteiger partial charge in [0.15, 0.2) is 11.3 Å². The number of methoxy groups -OCH3 is 1. The van der Waals surface area contributed by atoms with Crippen LogP contribution in [0.2, 0.25) is 0 Å². The topological polar surface area (TPSA) is 39.4 Å². The van der Waals surface area contributed by atoms with Gasteiger partial charge in [-0.2, -0.15) is 0 Å². The smallest absolute Gasteiger partial charge is 0.356 e. The van der Waals surface area contributed by atoms with Crippen molar-refractivity contribution in [2.45, 2.75) is 0 Å². The summed E-state index contributed by atoms with van der Waals surface area (Å²) in [5.41, 5.74) is 1.06. The molecule has 0 fully saturated rings. The van der Waals surface area contributed by atoms with Crippen LogP contribution in [-0.4, -0.2) is 7.11 Å². The van der Waals surface area contributed by atoms with Crippen LogP contribution in [0.3, 0.4) is 0 Å². The molecule has 0 aliphatic rings. The number of fused-ring (bicyclic) bond motifs is 1. The first-order valence-electron chi connectivity index (χ1n) is 6.46. The maximum absolute atomic E-state index is 12.1. The van der Waals surface area contributed by atoms with Crippen LogP contribution in [0.4, 0.5) is 0 Å². The second kappa shape index (κ2) is 5.56. The Bertz CT molecular complexity index is 896. The normalized spacial score (nSPS) is 9.95. The second-order valence-electron chi connectivity index (χ2n) is 4.41. The summed E-state index contributed by atoms with van der Waals surface area (Å²) in [7, 11) is 1.52. The SMILES string of the molecule is COc1c(C#Cc2ccccc2)c(=O)oc2ccccc12. The van der Waals surface area contributed by atoms with Gasteiger partial charge in [0.1, 0.15) is 5.58 Å². The number of benzene rings is 2. The average Bonchev–Trinajstić information content (AvgIpc) is 2.53. The molecular weight excluding hydrogens is 264 g/mol. The minimum absolute atomic E-state index is 0.236. The number of para-hydroxylation sites is 1. The van der Waals surface area contributed by atoms with E-state index in [0.29, 0.717) is 11.3 Å². The van der Waals surface area contributed by atoms with Crippen molar-refractivity contribution in [2.75, 3.05) is 7.11 Å². The molecule has 3 aromatic rings. The first-order valence-corrected chi connectivity index (χ1v) is 6.46. The third-order valence-electron chi connectivity index (χ3n) is 3.08. The molecule has 102 valence electrons. The highest BCUT2D eigenvalue weighted by atomic mass is 16.5. The summed E-state index contributed by atoms with van der Waals surface area (Å²) >= 11 is 0. The van der Waals surface area contributed by atoms with E-state index in [0.717, 1.165) is 10.9 Å². The number of ether oxygens (including phenoxy) is 1. The van der Waals surface area contributed by atoms with E-state index in [1.807, 2.05) is 42.5 Å². The lowest BCUT2D eigenvalue weighted by Crippen LogP contribution is -2.07. The Hall–Kier alpha value is -2.99. The van der Waals surface area contributed by atoms with Crippen LogP contribution >= 0.6 is 0 Å². The zero-order chi connectivity index (χ0) is 14.7. The Kier molecular flexibility index (Phi) is 3.44. The van der Waals surface area contributed by atoms with E-state index in [1.165, 1.54) is 7.11 Å². The van der Waals surface area contributed by atoms with Gasteiger partial charge in [-0.15, -0.1) is 0 Å². The molecule has 0 bridgehead atoms. The maximum Gasteiger partial charge on any atom is 0.356 e. The van der Waals surface area contributed by atoms with E-state index < -0.39 is 5.63 Å². The van der Waals surface area contributed by atoms with Crippen molar-refractivity contribution in [1.29, 1.82) is 0 Å². The van der Waals surface area contributed by atoms with Crippen LogP contribution in [0.15, 0.2) is 63.8 Å². The third-order valence-corrected chi connectivity index (χ3v) is 3.08. The summed E-state index contributed by atoms with van der Waals surface area (Å²) in [4.78, 5) is 12.1. The highest BCUT2D eigenvalue weighted by Gasteiger charge is 2.13. The lowest BCUT2D eigenvalue weighted by molar-refractivity contribution is 0.411. The van der Waals surface area contributed by atoms with Crippen molar-refractivity contribution in [3.63, 3.8) is 0 Å². The summed E-state index contributed by atoms with van der Waals surface area (Å²) < 4.78 is 10.7. The van der Waals surface area contributed by atoms with Crippen molar-refractivity contribution in [3.05, 3.63) is 76.1 Å². The molecule has 2 aromatic carbocycles. The van der Waals surface area contributed by atoms with E-state index in [4.69, 9.17) is 9.15 Å². The van der Waals surface area contributed by atoms with Crippen LogP contribution in [0, 0.1) is 11.8 Å². The van der Waals surface area contributed by atoms with Gasteiger partial charge in [0.05, 0.1) is 12.5 Å². The van der Waals surface area contributed by atoms with E-state index in [9.17, 15) is 4.79 Å². The third kappa shape index (κ3) is 2.52. The molecule has 3 nitrogen and oxygen atoms in total. The van der Waals surface area contributed by atoms with Crippen LogP contribution in [0.1, 0.15) is 11.1 Å². The molecule has 0 saturated heterocycles. The molecule has 3 heteroatoms. The summed E-state index contributed by atoms with van der Waals surface area (Å²) in [5.74, 6) is 6.26. The molecule has 0 atom stereocenters. The number of rotatable bonds is 1. The molecule has 0 radical (unpaired) electrons. The molecule has 0 amide bonds. The number of hydrogen-bond acceptors (Lipinski definition) is 3. The number of hydrogen-bond donors (Lipinski definition) is 0. The summed E-state index contributed by atoms with van der Waals surface area (Å²) in [6.07, 6.45) is 0. The van der Waals surface area contributed by atoms with Gasteiger partial charge in [-0.3, -0.25) is 0 Å². The lowest BCUT2D eigenvalue weighted by Gasteiger charge is -2.05. The summed E-state index contributed by atoms with van der Waals surface area (Å²) in [6, 6.07) is 16.7. The fraction of sp³-hybridized carbons (Fsp3) is 0.0556. The quantitative estimate of drug-likeness (QED) is 0.506. The average molecular weight is 276 g/mol. The largest absolute Gasteiger partial charge is 0.494 e. The minimum Gasteiger partial charge on any atom is -0.494 e. The molecule has 3 rings (SSSR count). The van der Waals surface area contributed by atoms with Gasteiger partial charge in [0.25, 0.3) is 0 Å². The van der Waals surface area contributed by atoms with Gasteiger partial charge < -0.3 is 9.15 Å². The Morgan fingerprint density at radius 3 is 2.43 bits per heavy atom. The zero-order valence-corrected chi connectivity index (χ0v) is 11.4. The summed E-state index contributed by atoms with van der Waals surface area (Å²) in [6.45, 7) is 0. The van der Waals surface area contributed by atoms with E-state index in [-0.39, 0.29) is 5.56 Å². The van der Waals surface area contributed by atoms with Gasteiger partial charge in [0.2, 0.25) is 0 Å². The predicted molar refractivity (Wildman–Crippen MR) is 81.5 cm³/mol. The highest BCUT2D eigenvalue weighted by Crippen LogP contribution is 2.26. The molecule has 21 heavy (non-hydrogen) atoms. The van der Waals surface area contributed by atoms with Crippen LogP contribution in [0.25, 0.3) is 11.0 Å². The van der Waals surface area contributed by atoms with E-state index >= 15 is 0 Å². The molecule has 0 unspecified atom stereocenters. The van der Waals surface area contributed by atoms with Gasteiger partial charge >= 0.3 is 5.63 Å². The first-order chi connectivity index (χ1) is 10.3. The van der Waals surface area contributed by atoms with E-state index in [2.05, 4.69) is 11.8 Å². The molecule has 0 spiro atoms. The van der Waals surface area contributed by atoms with Crippen LogP contribution in [-0.2, 0) is 0 Å². The van der Waals surface area contributed by atoms with Gasteiger partial charge in [-0.1, -0.05) is 42.2 Å². The molecule has 1 aromatic heterocycles. The van der Waals surface area contributed by atoms with Crippen molar-refractivity contribution >= 4 is 11.0 Å². The Morgan fingerprint density at radius 2 is 1.67 bits per heavy atom. The molecule has 1 heterocycles. The monoisotopic (exact) mass is 276 g/mol. The molecule has 0 aliphatic heterocycles. The molecule has 0 saturated carbocycles. The molecular formula is C18H12O3. The van der Waals surface area contributed by atoms with Gasteiger partial charge in [0, 0.05) is 5.56 Å². The predicted octanol–water partition coefficient (Wildman–Crippen LogP) is 3.20. The van der Waals surface area contributed by atoms with Gasteiger partial charge in [-0.25, -0.2) is 4.79 Å². The molecule has 0 N–H and O–H groups in total. The summed E-state index contributed by atoms with van der Waals surface area (Å²) in [5, 5.41) is 0.733. The van der Waals surface area contributed by atoms with Crippen molar-refractivity contribution in [2.24, 2.45) is 0 Å². The van der Waals surface area contributed by atoms with Crippen molar-refractivity contribution in [3.8, 4) is 17.6 Å². The Balaban J connectivity index is 2.21. The van der Waals surface area contributed by atoms with Crippen molar-refractivity contribution in [1.82, 2.24) is 0 Å². The fourth-order valence-electron chi connectivity index (χ4n) is 2.10. The standard InChI is InChI=1S/C18H12O3/c1-20-17-14-9-5-6-10-16(14)21-18(19)15(17)12-11-13-7-3-2-4-8-13/h2-10H,1H3. The first kappa shape index (κ1) is 13.0. The van der Waals surface area contributed by atoms with Crippen molar-refractivity contribution < 1.29 is 9.15 Å². The van der Waals surface area contributed by atoms with E-state index in [1.54, 1.807) is 12.1 Å². The maximum atomic E-state index is 12.1. The Morgan fingerprint density at radius 1 is 0.952 bits per heavy atom. The molecule has 0 aliphatic carbocycles. The Labute approximate surface area is 121 Å². The lowest BCUT2D eigenvalue weighted by atomic mass is 10.1. The highest BCUT2D eigenvalue weighted by molar-refractivity contribution is 5.85. The second-order valence-corrected chi connectivity index (χ2v) is 4.41. The fourth-order valence-corrected chi connectivity index (χ4v) is 2.10. The van der Waals surface area contributed by atoms with Gasteiger partial charge in [-0.05, 0) is 24.3 Å². The zero-order valence-electron chi connectivity index (χ0n) is 11.4. The van der Waals surface area contributed by atoms with Crippen LogP contribution in [0.5, 0.6) is 5.75 Å². The van der Waals surface area contributed by atoms with Crippen LogP contribution < -0.4 is 10.4 Å². The minimum atomic E-state index is -0.492.